The first-order valence-electron chi connectivity index (χ1n) is 5.66. The van der Waals surface area contributed by atoms with Gasteiger partial charge in [-0.15, -0.1) is 0 Å². The molecule has 0 fully saturated rings. The number of anilines is 1. The van der Waals surface area contributed by atoms with Gasteiger partial charge >= 0.3 is 11.9 Å². The van der Waals surface area contributed by atoms with Crippen molar-refractivity contribution in [3.8, 4) is 0 Å². The largest absolute Gasteiger partial charge is 0.465 e. The van der Waals surface area contributed by atoms with E-state index in [0.29, 0.717) is 11.8 Å². The molecule has 0 saturated heterocycles. The van der Waals surface area contributed by atoms with Crippen LogP contribution in [0.4, 0.5) is 5.82 Å². The van der Waals surface area contributed by atoms with Crippen LogP contribution in [0.15, 0.2) is 11.4 Å². The van der Waals surface area contributed by atoms with Crippen LogP contribution in [0.25, 0.3) is 0 Å². The lowest BCUT2D eigenvalue weighted by Crippen LogP contribution is -2.11. The monoisotopic (exact) mass is 285 g/mol. The first-order valence-corrected chi connectivity index (χ1v) is 6.65. The maximum absolute atomic E-state index is 11.5. The zero-order valence-electron chi connectivity index (χ0n) is 10.7. The van der Waals surface area contributed by atoms with E-state index in [2.05, 4.69) is 9.97 Å². The molecule has 8 heteroatoms. The van der Waals surface area contributed by atoms with Gasteiger partial charge in [0.15, 0.2) is 5.16 Å². The molecular weight excluding hydrogens is 270 g/mol. The summed E-state index contributed by atoms with van der Waals surface area (Å²) in [5, 5.41) is 0.304. The van der Waals surface area contributed by atoms with Crippen LogP contribution in [0, 0.1) is 0 Å². The van der Waals surface area contributed by atoms with Gasteiger partial charge in [-0.3, -0.25) is 4.79 Å². The molecule has 104 valence electrons. The van der Waals surface area contributed by atoms with Crippen LogP contribution in [-0.4, -0.2) is 40.9 Å². The fraction of sp³-hybridized carbons (Fsp3) is 0.455. The highest BCUT2D eigenvalue weighted by Gasteiger charge is 2.14. The van der Waals surface area contributed by atoms with Crippen molar-refractivity contribution in [1.82, 2.24) is 9.97 Å². The molecule has 19 heavy (non-hydrogen) atoms. The maximum Gasteiger partial charge on any atom is 0.343 e. The van der Waals surface area contributed by atoms with E-state index in [1.165, 1.54) is 6.20 Å². The van der Waals surface area contributed by atoms with Crippen LogP contribution in [-0.2, 0) is 14.3 Å². The summed E-state index contributed by atoms with van der Waals surface area (Å²) in [4.78, 5) is 30.5. The van der Waals surface area contributed by atoms with E-state index in [4.69, 9.17) is 15.2 Å². The van der Waals surface area contributed by atoms with Crippen molar-refractivity contribution < 1.29 is 19.1 Å². The van der Waals surface area contributed by atoms with Gasteiger partial charge in [0.2, 0.25) is 0 Å². The Labute approximate surface area is 114 Å². The zero-order chi connectivity index (χ0) is 14.3. The molecule has 0 spiro atoms. The van der Waals surface area contributed by atoms with Crippen molar-refractivity contribution in [3.63, 3.8) is 0 Å². The van der Waals surface area contributed by atoms with Crippen LogP contribution >= 0.6 is 11.8 Å². The quantitative estimate of drug-likeness (QED) is 0.467. The summed E-state index contributed by atoms with van der Waals surface area (Å²) in [6, 6.07) is 0. The molecule has 0 aliphatic carbocycles. The highest BCUT2D eigenvalue weighted by molar-refractivity contribution is 7.99. The van der Waals surface area contributed by atoms with Crippen LogP contribution in [0.1, 0.15) is 24.2 Å². The average Bonchev–Trinajstić information content (AvgIpc) is 2.37. The number of nitrogens with zero attached hydrogens (tertiary/aromatic N) is 2. The zero-order valence-corrected chi connectivity index (χ0v) is 11.5. The number of hydrogen-bond donors (Lipinski definition) is 1. The van der Waals surface area contributed by atoms with Crippen LogP contribution in [0.5, 0.6) is 0 Å². The van der Waals surface area contributed by atoms with E-state index in [0.717, 1.165) is 11.8 Å². The lowest BCUT2D eigenvalue weighted by molar-refractivity contribution is -0.139. The number of thioether (sulfide) groups is 1. The molecule has 1 rings (SSSR count). The summed E-state index contributed by atoms with van der Waals surface area (Å²) in [6.45, 7) is 3.99. The number of rotatable bonds is 6. The van der Waals surface area contributed by atoms with Crippen molar-refractivity contribution in [1.29, 1.82) is 0 Å². The van der Waals surface area contributed by atoms with E-state index >= 15 is 0 Å². The Balaban J connectivity index is 2.66. The molecule has 0 saturated carbocycles. The number of nitrogen functional groups attached to an aromatic ring is 1. The number of nitrogens with two attached hydrogens (primary N) is 1. The molecule has 1 heterocycles. The fourth-order valence-corrected chi connectivity index (χ4v) is 1.76. The van der Waals surface area contributed by atoms with Gasteiger partial charge in [0, 0.05) is 6.20 Å². The Morgan fingerprint density at radius 1 is 1.32 bits per heavy atom. The lowest BCUT2D eigenvalue weighted by atomic mass is 10.3. The smallest absolute Gasteiger partial charge is 0.343 e. The second kappa shape index (κ2) is 7.57. The lowest BCUT2D eigenvalue weighted by Gasteiger charge is -2.05. The number of ether oxygens (including phenoxy) is 2. The Kier molecular flexibility index (Phi) is 6.07. The predicted molar refractivity (Wildman–Crippen MR) is 69.8 cm³/mol. The molecule has 7 nitrogen and oxygen atoms in total. The van der Waals surface area contributed by atoms with Gasteiger partial charge in [0.1, 0.15) is 11.4 Å². The second-order valence-corrected chi connectivity index (χ2v) is 4.21. The highest BCUT2D eigenvalue weighted by atomic mass is 32.2. The van der Waals surface area contributed by atoms with Crippen LogP contribution in [0.2, 0.25) is 0 Å². The number of hydrogen-bond acceptors (Lipinski definition) is 8. The molecule has 1 aromatic heterocycles. The predicted octanol–water partition coefficient (Wildman–Crippen LogP) is 0.891. The van der Waals surface area contributed by atoms with Crippen molar-refractivity contribution in [2.24, 2.45) is 0 Å². The molecule has 0 aliphatic rings. The summed E-state index contributed by atoms with van der Waals surface area (Å²) in [5.74, 6) is -0.808. The Bertz CT molecular complexity index is 467. The SMILES string of the molecule is CCOC(=O)CSc1ncc(C(=O)OCC)c(N)n1. The second-order valence-electron chi connectivity index (χ2n) is 3.27. The standard InChI is InChI=1S/C11H15N3O4S/c1-3-17-8(15)6-19-11-13-5-7(9(12)14-11)10(16)18-4-2/h5H,3-4,6H2,1-2H3,(H2,12,13,14). The number of esters is 2. The molecule has 0 aromatic carbocycles. The molecule has 0 amide bonds. The summed E-state index contributed by atoms with van der Waals surface area (Å²) in [7, 11) is 0. The number of carbonyl (C=O) groups excluding carboxylic acids is 2. The molecule has 0 unspecified atom stereocenters. The molecule has 0 aliphatic heterocycles. The normalized spacial score (nSPS) is 10.0. The summed E-state index contributed by atoms with van der Waals surface area (Å²) >= 11 is 1.09. The van der Waals surface area contributed by atoms with Gasteiger partial charge in [-0.05, 0) is 13.8 Å². The number of aromatic nitrogens is 2. The molecule has 1 aromatic rings. The van der Waals surface area contributed by atoms with E-state index in [1.54, 1.807) is 13.8 Å². The molecule has 0 radical (unpaired) electrons. The van der Waals surface area contributed by atoms with Crippen molar-refractivity contribution in [2.75, 3.05) is 24.7 Å². The minimum atomic E-state index is -0.568. The van der Waals surface area contributed by atoms with Crippen LogP contribution < -0.4 is 5.73 Å². The third-order valence-corrected chi connectivity index (χ3v) is 2.75. The first kappa shape index (κ1) is 15.2. The van der Waals surface area contributed by atoms with Gasteiger partial charge in [0.25, 0.3) is 0 Å². The maximum atomic E-state index is 11.5. The van der Waals surface area contributed by atoms with Gasteiger partial charge in [0.05, 0.1) is 19.0 Å². The van der Waals surface area contributed by atoms with E-state index in [9.17, 15) is 9.59 Å². The van der Waals surface area contributed by atoms with Gasteiger partial charge < -0.3 is 15.2 Å². The first-order chi connectivity index (χ1) is 9.08. The van der Waals surface area contributed by atoms with Crippen molar-refractivity contribution in [3.05, 3.63) is 11.8 Å². The van der Waals surface area contributed by atoms with Gasteiger partial charge in [-0.2, -0.15) is 0 Å². The van der Waals surface area contributed by atoms with E-state index < -0.39 is 5.97 Å². The third kappa shape index (κ3) is 4.74. The summed E-state index contributed by atoms with van der Waals surface area (Å²) in [6.07, 6.45) is 1.29. The van der Waals surface area contributed by atoms with E-state index in [1.807, 2.05) is 0 Å². The third-order valence-electron chi connectivity index (χ3n) is 1.92. The van der Waals surface area contributed by atoms with Gasteiger partial charge in [-0.1, -0.05) is 11.8 Å². The summed E-state index contributed by atoms with van der Waals surface area (Å²) < 4.78 is 9.57. The van der Waals surface area contributed by atoms with Crippen molar-refractivity contribution in [2.45, 2.75) is 19.0 Å². The molecule has 2 N–H and O–H groups in total. The number of carbonyl (C=O) groups is 2. The molecule has 0 atom stereocenters. The van der Waals surface area contributed by atoms with Gasteiger partial charge in [-0.25, -0.2) is 14.8 Å². The van der Waals surface area contributed by atoms with Crippen LogP contribution in [0.3, 0.4) is 0 Å². The Morgan fingerprint density at radius 3 is 2.58 bits per heavy atom. The Hall–Kier alpha value is -1.83. The topological polar surface area (TPSA) is 104 Å². The summed E-state index contributed by atoms with van der Waals surface area (Å²) in [5.41, 5.74) is 5.75. The van der Waals surface area contributed by atoms with Crippen molar-refractivity contribution >= 4 is 29.5 Å². The minimum absolute atomic E-state index is 0.0276. The molecular formula is C11H15N3O4S. The molecule has 0 bridgehead atoms. The fourth-order valence-electron chi connectivity index (χ4n) is 1.14. The minimum Gasteiger partial charge on any atom is -0.465 e. The van der Waals surface area contributed by atoms with E-state index in [-0.39, 0.29) is 29.7 Å². The Morgan fingerprint density at radius 2 is 2.00 bits per heavy atom. The highest BCUT2D eigenvalue weighted by Crippen LogP contribution is 2.17. The average molecular weight is 285 g/mol.